The lowest BCUT2D eigenvalue weighted by Crippen LogP contribution is -2.69. The molecule has 0 unspecified atom stereocenters. The first-order chi connectivity index (χ1) is 21.0. The van der Waals surface area contributed by atoms with Crippen molar-refractivity contribution in [3.05, 3.63) is 35.9 Å². The minimum absolute atomic E-state index is 0.149. The van der Waals surface area contributed by atoms with E-state index in [0.29, 0.717) is 0 Å². The third-order valence-electron chi connectivity index (χ3n) is 7.88. The van der Waals surface area contributed by atoms with Gasteiger partial charge in [-0.1, -0.05) is 30.3 Å². The summed E-state index contributed by atoms with van der Waals surface area (Å²) in [5.74, 6) is -0.526. The first-order valence-corrected chi connectivity index (χ1v) is 14.3. The molecule has 15 atom stereocenters. The van der Waals surface area contributed by atoms with E-state index < -0.39 is 105 Å². The highest BCUT2D eigenvalue weighted by Gasteiger charge is 2.54. The van der Waals surface area contributed by atoms with Crippen molar-refractivity contribution in [2.24, 2.45) is 0 Å². The monoisotopic (exact) mass is 633 g/mol. The molecule has 1 aromatic rings. The van der Waals surface area contributed by atoms with Crippen molar-refractivity contribution in [1.29, 1.82) is 0 Å². The van der Waals surface area contributed by atoms with Crippen molar-refractivity contribution in [2.45, 2.75) is 113 Å². The smallest absolute Gasteiger partial charge is 0.217 e. The molecular formula is C28H43NO15. The highest BCUT2D eigenvalue weighted by molar-refractivity contribution is 5.73. The number of ether oxygens (including phenoxy) is 7. The Morgan fingerprint density at radius 3 is 2.00 bits per heavy atom. The second kappa shape index (κ2) is 15.6. The van der Waals surface area contributed by atoms with Crippen molar-refractivity contribution >= 4 is 5.91 Å². The summed E-state index contributed by atoms with van der Waals surface area (Å²) in [6, 6.07) is 8.08. The van der Waals surface area contributed by atoms with Crippen LogP contribution in [0.2, 0.25) is 0 Å². The van der Waals surface area contributed by atoms with Gasteiger partial charge in [-0.3, -0.25) is 4.79 Å². The van der Waals surface area contributed by atoms with Crippen molar-refractivity contribution in [3.63, 3.8) is 0 Å². The van der Waals surface area contributed by atoms with Gasteiger partial charge in [-0.2, -0.15) is 0 Å². The second-order valence-electron chi connectivity index (χ2n) is 11.1. The molecular weight excluding hydrogens is 590 g/mol. The van der Waals surface area contributed by atoms with E-state index in [-0.39, 0.29) is 13.2 Å². The largest absolute Gasteiger partial charge is 0.394 e. The molecule has 16 heteroatoms. The number of carbonyl (C=O) groups excluding carboxylic acids is 1. The predicted molar refractivity (Wildman–Crippen MR) is 145 cm³/mol. The van der Waals surface area contributed by atoms with Crippen LogP contribution in [-0.4, -0.2) is 154 Å². The highest BCUT2D eigenvalue weighted by Crippen LogP contribution is 2.34. The van der Waals surface area contributed by atoms with Gasteiger partial charge in [-0.05, 0) is 12.5 Å². The summed E-state index contributed by atoms with van der Waals surface area (Å²) in [6.45, 7) is 2.00. The molecule has 4 rings (SSSR count). The maximum absolute atomic E-state index is 12.3. The predicted octanol–water partition coefficient (Wildman–Crippen LogP) is -3.52. The topological polar surface area (TPSA) is 235 Å². The number of rotatable bonds is 11. The first-order valence-electron chi connectivity index (χ1n) is 14.3. The van der Waals surface area contributed by atoms with Crippen molar-refractivity contribution < 1.29 is 73.7 Å². The summed E-state index contributed by atoms with van der Waals surface area (Å²) in [5, 5.41) is 75.1. The Morgan fingerprint density at radius 2 is 1.39 bits per heavy atom. The molecule has 1 aromatic carbocycles. The summed E-state index contributed by atoms with van der Waals surface area (Å²) < 4.78 is 41.1. The normalized spacial score (nSPS) is 43.0. The summed E-state index contributed by atoms with van der Waals surface area (Å²) in [6.07, 6.45) is -20.4. The van der Waals surface area contributed by atoms with Crippen LogP contribution in [0.1, 0.15) is 19.4 Å². The Labute approximate surface area is 254 Å². The fourth-order valence-electron chi connectivity index (χ4n) is 5.44. The lowest BCUT2D eigenvalue weighted by Gasteiger charge is -2.50. The average Bonchev–Trinajstić information content (AvgIpc) is 3.01. The third-order valence-corrected chi connectivity index (χ3v) is 7.88. The van der Waals surface area contributed by atoms with E-state index in [0.717, 1.165) is 5.56 Å². The molecule has 1 amide bonds. The number of amides is 1. The Bertz CT molecular complexity index is 1040. The molecule has 44 heavy (non-hydrogen) atoms. The molecule has 0 spiro atoms. The number of hydrogen-bond acceptors (Lipinski definition) is 15. The molecule has 250 valence electrons. The van der Waals surface area contributed by atoms with Crippen molar-refractivity contribution in [2.75, 3.05) is 20.3 Å². The molecule has 0 aliphatic carbocycles. The van der Waals surface area contributed by atoms with E-state index >= 15 is 0 Å². The molecule has 0 bridgehead atoms. The molecule has 3 fully saturated rings. The van der Waals surface area contributed by atoms with Crippen LogP contribution in [0.15, 0.2) is 30.3 Å². The Morgan fingerprint density at radius 1 is 0.795 bits per heavy atom. The van der Waals surface area contributed by atoms with Crippen molar-refractivity contribution in [1.82, 2.24) is 5.32 Å². The standard InChI is InChI=1S/C28H43NO15/c1-12-18(32)20(34)22(36)27(40-12)43-24-16(11-39-10-14-7-5-4-6-8-14)42-26(38-3)17(29-13(2)31)25(24)44-28-23(37)21(35)19(33)15(9-30)41-28/h4-8,12,15-28,30,32-37H,9-11H2,1-3H3,(H,29,31)/t12-,15+,16+,17+,18-,19-,20+,21-,22+,23+,24+,25+,26+,27-,28-/m0/s1. The quantitative estimate of drug-likeness (QED) is 0.118. The minimum Gasteiger partial charge on any atom is -0.394 e. The van der Waals surface area contributed by atoms with Crippen LogP contribution in [0.25, 0.3) is 0 Å². The molecule has 16 nitrogen and oxygen atoms in total. The highest BCUT2D eigenvalue weighted by atomic mass is 16.8. The second-order valence-corrected chi connectivity index (χ2v) is 11.1. The van der Waals surface area contributed by atoms with Crippen LogP contribution in [-0.2, 0) is 44.6 Å². The van der Waals surface area contributed by atoms with Gasteiger partial charge in [0.1, 0.15) is 67.1 Å². The van der Waals surface area contributed by atoms with Crippen LogP contribution in [0.5, 0.6) is 0 Å². The molecule has 3 aliphatic rings. The molecule has 0 saturated carbocycles. The van der Waals surface area contributed by atoms with Gasteiger partial charge < -0.3 is 74.2 Å². The van der Waals surface area contributed by atoms with Crippen LogP contribution < -0.4 is 5.32 Å². The fraction of sp³-hybridized carbons (Fsp3) is 0.750. The van der Waals surface area contributed by atoms with Gasteiger partial charge in [0.25, 0.3) is 0 Å². The van der Waals surface area contributed by atoms with Gasteiger partial charge in [-0.25, -0.2) is 0 Å². The zero-order valence-corrected chi connectivity index (χ0v) is 24.6. The SMILES string of the molecule is CO[C@@H]1O[C@H](COCc2ccccc2)[C@@H](O[C@@H]2O[C@@H](C)[C@H](O)[C@@H](O)[C@H]2O)[C@H](O[C@@H]2O[C@H](CO)[C@H](O)[C@H](O)[C@H]2O)[C@H]1NC(C)=O. The van der Waals surface area contributed by atoms with E-state index in [4.69, 9.17) is 33.2 Å². The fourth-order valence-corrected chi connectivity index (χ4v) is 5.44. The minimum atomic E-state index is -1.81. The van der Waals surface area contributed by atoms with Crippen LogP contribution >= 0.6 is 0 Å². The van der Waals surface area contributed by atoms with Crippen LogP contribution in [0, 0.1) is 0 Å². The number of aliphatic hydroxyl groups excluding tert-OH is 7. The van der Waals surface area contributed by atoms with Crippen LogP contribution in [0.4, 0.5) is 0 Å². The lowest BCUT2D eigenvalue weighted by molar-refractivity contribution is -0.372. The molecule has 0 radical (unpaired) electrons. The van der Waals surface area contributed by atoms with E-state index in [2.05, 4.69) is 5.32 Å². The number of aliphatic hydroxyl groups is 7. The zero-order chi connectivity index (χ0) is 32.1. The maximum atomic E-state index is 12.3. The Kier molecular flexibility index (Phi) is 12.4. The average molecular weight is 634 g/mol. The van der Waals surface area contributed by atoms with E-state index in [1.54, 1.807) is 0 Å². The Hall–Kier alpha value is -1.87. The summed E-state index contributed by atoms with van der Waals surface area (Å²) >= 11 is 0. The van der Waals surface area contributed by atoms with E-state index in [9.17, 15) is 40.5 Å². The molecule has 3 saturated heterocycles. The number of benzene rings is 1. The van der Waals surface area contributed by atoms with Gasteiger partial charge in [0, 0.05) is 14.0 Å². The number of carbonyl (C=O) groups is 1. The summed E-state index contributed by atoms with van der Waals surface area (Å²) in [5.41, 5.74) is 0.853. The number of hydrogen-bond donors (Lipinski definition) is 8. The third kappa shape index (κ3) is 7.91. The molecule has 8 N–H and O–H groups in total. The van der Waals surface area contributed by atoms with E-state index in [1.807, 2.05) is 30.3 Å². The van der Waals surface area contributed by atoms with Gasteiger partial charge in [0.05, 0.1) is 25.9 Å². The summed E-state index contributed by atoms with van der Waals surface area (Å²) in [4.78, 5) is 12.3. The molecule has 0 aromatic heterocycles. The lowest BCUT2D eigenvalue weighted by atomic mass is 9.94. The van der Waals surface area contributed by atoms with Crippen LogP contribution in [0.3, 0.4) is 0 Å². The molecule has 3 aliphatic heterocycles. The summed E-state index contributed by atoms with van der Waals surface area (Å²) in [7, 11) is 1.32. The maximum Gasteiger partial charge on any atom is 0.217 e. The molecule has 3 heterocycles. The number of nitrogens with one attached hydrogen (secondary N) is 1. The zero-order valence-electron chi connectivity index (χ0n) is 24.6. The van der Waals surface area contributed by atoms with Gasteiger partial charge >= 0.3 is 0 Å². The van der Waals surface area contributed by atoms with Gasteiger partial charge in [-0.15, -0.1) is 0 Å². The van der Waals surface area contributed by atoms with Gasteiger partial charge in [0.2, 0.25) is 5.91 Å². The van der Waals surface area contributed by atoms with Crippen molar-refractivity contribution in [3.8, 4) is 0 Å². The Balaban J connectivity index is 1.67. The number of methoxy groups -OCH3 is 1. The van der Waals surface area contributed by atoms with Gasteiger partial charge in [0.15, 0.2) is 18.9 Å². The van der Waals surface area contributed by atoms with E-state index in [1.165, 1.54) is 21.0 Å². The first kappa shape index (κ1) is 35.0.